The maximum atomic E-state index is 10.6. The number of nitro benzene ring substituents is 1. The zero-order valence-electron chi connectivity index (χ0n) is 12.3. The number of nitrogens with zero attached hydrogens (tertiary/aromatic N) is 1. The summed E-state index contributed by atoms with van der Waals surface area (Å²) in [6.45, 7) is 5.50. The predicted octanol–water partition coefficient (Wildman–Crippen LogP) is 4.07. The zero-order valence-corrected chi connectivity index (χ0v) is 12.3. The number of non-ortho nitro benzene ring substituents is 1. The van der Waals surface area contributed by atoms with Gasteiger partial charge in [0.1, 0.15) is 0 Å². The summed E-state index contributed by atoms with van der Waals surface area (Å²) in [6, 6.07) is 7.10. The van der Waals surface area contributed by atoms with Gasteiger partial charge in [0.25, 0.3) is 5.69 Å². The molecule has 1 aromatic carbocycles. The van der Waals surface area contributed by atoms with Crippen LogP contribution in [0.3, 0.4) is 0 Å². The lowest BCUT2D eigenvalue weighted by atomic mass is 9.83. The van der Waals surface area contributed by atoms with E-state index in [1.54, 1.807) is 12.1 Å². The minimum Gasteiger partial charge on any atom is -0.310 e. The van der Waals surface area contributed by atoms with Crippen LogP contribution in [0.4, 0.5) is 5.69 Å². The molecule has 1 fully saturated rings. The van der Waals surface area contributed by atoms with Gasteiger partial charge in [-0.1, -0.05) is 31.9 Å². The molecular formula is C16H24N2O2. The van der Waals surface area contributed by atoms with Crippen LogP contribution in [0.15, 0.2) is 24.3 Å². The number of rotatable bonds is 5. The van der Waals surface area contributed by atoms with Crippen LogP contribution in [0.25, 0.3) is 0 Å². The van der Waals surface area contributed by atoms with E-state index < -0.39 is 0 Å². The lowest BCUT2D eigenvalue weighted by Gasteiger charge is -2.27. The normalized spacial score (nSPS) is 24.3. The highest BCUT2D eigenvalue weighted by molar-refractivity contribution is 5.34. The van der Waals surface area contributed by atoms with Gasteiger partial charge in [-0.3, -0.25) is 10.1 Å². The molecule has 20 heavy (non-hydrogen) atoms. The Kier molecular flexibility index (Phi) is 5.12. The van der Waals surface area contributed by atoms with Crippen molar-refractivity contribution in [2.75, 3.05) is 6.54 Å². The SMILES string of the molecule is CC1CCC(CNC(C)c2ccc([N+](=O)[O-])cc2)CC1. The third-order valence-corrected chi connectivity index (χ3v) is 4.45. The fourth-order valence-corrected chi connectivity index (χ4v) is 2.88. The molecule has 0 spiro atoms. The number of nitrogens with one attached hydrogen (secondary N) is 1. The van der Waals surface area contributed by atoms with Crippen LogP contribution >= 0.6 is 0 Å². The summed E-state index contributed by atoms with van der Waals surface area (Å²) in [5, 5.41) is 14.2. The molecule has 0 radical (unpaired) electrons. The third kappa shape index (κ3) is 4.04. The quantitative estimate of drug-likeness (QED) is 0.651. The largest absolute Gasteiger partial charge is 0.310 e. The molecule has 0 aliphatic heterocycles. The Morgan fingerprint density at radius 2 is 1.85 bits per heavy atom. The highest BCUT2D eigenvalue weighted by Gasteiger charge is 2.18. The topological polar surface area (TPSA) is 55.2 Å². The Balaban J connectivity index is 1.82. The second-order valence-corrected chi connectivity index (χ2v) is 6.10. The Hall–Kier alpha value is -1.42. The van der Waals surface area contributed by atoms with Crippen LogP contribution in [0.2, 0.25) is 0 Å². The Morgan fingerprint density at radius 3 is 2.40 bits per heavy atom. The van der Waals surface area contributed by atoms with E-state index in [0.29, 0.717) is 0 Å². The molecule has 1 aliphatic carbocycles. The van der Waals surface area contributed by atoms with Gasteiger partial charge in [0.05, 0.1) is 4.92 Å². The van der Waals surface area contributed by atoms with Crippen LogP contribution in [0.5, 0.6) is 0 Å². The number of hydrogen-bond donors (Lipinski definition) is 1. The molecule has 0 bridgehead atoms. The molecule has 1 unspecified atom stereocenters. The highest BCUT2D eigenvalue weighted by Crippen LogP contribution is 2.28. The maximum Gasteiger partial charge on any atom is 0.269 e. The second kappa shape index (κ2) is 6.84. The first-order valence-electron chi connectivity index (χ1n) is 7.54. The molecule has 1 atom stereocenters. The van der Waals surface area contributed by atoms with Gasteiger partial charge in [-0.2, -0.15) is 0 Å². The Bertz CT molecular complexity index is 436. The smallest absolute Gasteiger partial charge is 0.269 e. The van der Waals surface area contributed by atoms with Crippen molar-refractivity contribution >= 4 is 5.69 Å². The Labute approximate surface area is 120 Å². The van der Waals surface area contributed by atoms with E-state index in [1.807, 2.05) is 12.1 Å². The lowest BCUT2D eigenvalue weighted by Crippen LogP contribution is -2.28. The highest BCUT2D eigenvalue weighted by atomic mass is 16.6. The number of benzene rings is 1. The molecular weight excluding hydrogens is 252 g/mol. The molecule has 4 nitrogen and oxygen atoms in total. The van der Waals surface area contributed by atoms with Crippen LogP contribution in [-0.4, -0.2) is 11.5 Å². The van der Waals surface area contributed by atoms with E-state index in [1.165, 1.54) is 25.7 Å². The van der Waals surface area contributed by atoms with Gasteiger partial charge in [0.15, 0.2) is 0 Å². The standard InChI is InChI=1S/C16H24N2O2/c1-12-3-5-14(6-4-12)11-17-13(2)15-7-9-16(10-8-15)18(19)20/h7-10,12-14,17H,3-6,11H2,1-2H3. The molecule has 1 N–H and O–H groups in total. The van der Waals surface area contributed by atoms with E-state index in [9.17, 15) is 10.1 Å². The van der Waals surface area contributed by atoms with Crippen LogP contribution in [-0.2, 0) is 0 Å². The first kappa shape index (κ1) is 15.0. The monoisotopic (exact) mass is 276 g/mol. The second-order valence-electron chi connectivity index (χ2n) is 6.10. The van der Waals surface area contributed by atoms with Gasteiger partial charge in [-0.05, 0) is 43.7 Å². The summed E-state index contributed by atoms with van der Waals surface area (Å²) in [5.74, 6) is 1.67. The van der Waals surface area contributed by atoms with Gasteiger partial charge >= 0.3 is 0 Å². The first-order chi connectivity index (χ1) is 9.56. The fourth-order valence-electron chi connectivity index (χ4n) is 2.88. The predicted molar refractivity (Wildman–Crippen MR) is 80.6 cm³/mol. The van der Waals surface area contributed by atoms with Gasteiger partial charge < -0.3 is 5.32 Å². The molecule has 1 aromatic rings. The van der Waals surface area contributed by atoms with Crippen molar-refractivity contribution in [2.24, 2.45) is 11.8 Å². The molecule has 1 saturated carbocycles. The zero-order chi connectivity index (χ0) is 14.5. The number of nitro groups is 1. The Morgan fingerprint density at radius 1 is 1.25 bits per heavy atom. The molecule has 110 valence electrons. The van der Waals surface area contributed by atoms with E-state index in [-0.39, 0.29) is 16.7 Å². The van der Waals surface area contributed by atoms with Gasteiger partial charge in [-0.15, -0.1) is 0 Å². The fraction of sp³-hybridized carbons (Fsp3) is 0.625. The summed E-state index contributed by atoms with van der Waals surface area (Å²) < 4.78 is 0. The summed E-state index contributed by atoms with van der Waals surface area (Å²) in [7, 11) is 0. The summed E-state index contributed by atoms with van der Waals surface area (Å²) in [4.78, 5) is 10.3. The number of hydrogen-bond acceptors (Lipinski definition) is 3. The van der Waals surface area contributed by atoms with Crippen LogP contribution in [0.1, 0.15) is 51.1 Å². The maximum absolute atomic E-state index is 10.6. The van der Waals surface area contributed by atoms with Crippen molar-refractivity contribution in [3.05, 3.63) is 39.9 Å². The van der Waals surface area contributed by atoms with Crippen LogP contribution in [0, 0.1) is 22.0 Å². The average Bonchev–Trinajstić information content (AvgIpc) is 2.46. The first-order valence-corrected chi connectivity index (χ1v) is 7.54. The third-order valence-electron chi connectivity index (χ3n) is 4.45. The van der Waals surface area contributed by atoms with Gasteiger partial charge in [0.2, 0.25) is 0 Å². The van der Waals surface area contributed by atoms with Crippen molar-refractivity contribution in [1.82, 2.24) is 5.32 Å². The van der Waals surface area contributed by atoms with Crippen molar-refractivity contribution < 1.29 is 4.92 Å². The molecule has 0 amide bonds. The molecule has 4 heteroatoms. The van der Waals surface area contributed by atoms with E-state index in [4.69, 9.17) is 0 Å². The molecule has 1 aliphatic rings. The van der Waals surface area contributed by atoms with Crippen LogP contribution < -0.4 is 5.32 Å². The average molecular weight is 276 g/mol. The van der Waals surface area contributed by atoms with E-state index >= 15 is 0 Å². The molecule has 0 heterocycles. The van der Waals surface area contributed by atoms with Crippen molar-refractivity contribution in [1.29, 1.82) is 0 Å². The molecule has 0 aromatic heterocycles. The van der Waals surface area contributed by atoms with Crippen molar-refractivity contribution in [2.45, 2.75) is 45.6 Å². The molecule has 0 saturated heterocycles. The van der Waals surface area contributed by atoms with Crippen molar-refractivity contribution in [3.8, 4) is 0 Å². The lowest BCUT2D eigenvalue weighted by molar-refractivity contribution is -0.384. The van der Waals surface area contributed by atoms with Gasteiger partial charge in [0, 0.05) is 18.2 Å². The summed E-state index contributed by atoms with van der Waals surface area (Å²) in [6.07, 6.45) is 5.33. The van der Waals surface area contributed by atoms with Crippen molar-refractivity contribution in [3.63, 3.8) is 0 Å². The molecule has 2 rings (SSSR count). The summed E-state index contributed by atoms with van der Waals surface area (Å²) >= 11 is 0. The van der Waals surface area contributed by atoms with E-state index in [2.05, 4.69) is 19.2 Å². The summed E-state index contributed by atoms with van der Waals surface area (Å²) in [5.41, 5.74) is 1.27. The van der Waals surface area contributed by atoms with E-state index in [0.717, 1.165) is 23.9 Å². The van der Waals surface area contributed by atoms with Gasteiger partial charge in [-0.25, -0.2) is 0 Å². The minimum atomic E-state index is -0.356. The minimum absolute atomic E-state index is 0.155.